The second-order valence-electron chi connectivity index (χ2n) is 18.6. The Balaban J connectivity index is 1.03. The highest BCUT2D eigenvalue weighted by atomic mass is 15.0. The zero-order chi connectivity index (χ0) is 44.8. The molecule has 4 nitrogen and oxygen atoms in total. The quantitative estimate of drug-likeness (QED) is 0.173. The Morgan fingerprint density at radius 2 is 1.33 bits per heavy atom. The number of rotatable bonds is 5. The fourth-order valence-electron chi connectivity index (χ4n) is 11.1. The Kier molecular flexibility index (Phi) is 8.95. The van der Waals surface area contributed by atoms with Crippen LogP contribution in [0.4, 0.5) is 0 Å². The van der Waals surface area contributed by atoms with Gasteiger partial charge in [-0.2, -0.15) is 5.26 Å². The molecule has 4 heteroatoms. The lowest BCUT2D eigenvalue weighted by atomic mass is 9.80. The zero-order valence-corrected chi connectivity index (χ0v) is 37.3. The SMILES string of the molecule is CC1C=Cc2ccc3c(c2C1)c1cc2ccccc2cc1n3-c1c(C#N)cc(-c2nc(-c3ccc4ccccc4c3)c3cc(C4C=CC(c5ccccc5)=CC4C)ccc3n2)c2ccccc12. The lowest BCUT2D eigenvalue weighted by molar-refractivity contribution is 0.638. The molecule has 0 N–H and O–H groups in total. The van der Waals surface area contributed by atoms with E-state index in [4.69, 9.17) is 9.97 Å². The second kappa shape index (κ2) is 15.4. The predicted octanol–water partition coefficient (Wildman–Crippen LogP) is 16.0. The smallest absolute Gasteiger partial charge is 0.161 e. The zero-order valence-electron chi connectivity index (χ0n) is 37.3. The maximum atomic E-state index is 11.3. The number of nitriles is 1. The molecule has 2 heterocycles. The number of fused-ring (bicyclic) bond motifs is 9. The van der Waals surface area contributed by atoms with Gasteiger partial charge in [0.1, 0.15) is 6.07 Å². The third-order valence-corrected chi connectivity index (χ3v) is 14.4. The van der Waals surface area contributed by atoms with E-state index in [9.17, 15) is 5.26 Å². The van der Waals surface area contributed by atoms with Gasteiger partial charge in [-0.25, -0.2) is 9.97 Å². The van der Waals surface area contributed by atoms with E-state index in [1.807, 2.05) is 6.07 Å². The molecule has 3 unspecified atom stereocenters. The molecule has 0 saturated carbocycles. The van der Waals surface area contributed by atoms with Crippen LogP contribution in [0.3, 0.4) is 0 Å². The van der Waals surface area contributed by atoms with E-state index < -0.39 is 0 Å². The van der Waals surface area contributed by atoms with Crippen molar-refractivity contribution in [3.05, 3.63) is 222 Å². The van der Waals surface area contributed by atoms with Crippen molar-refractivity contribution in [2.24, 2.45) is 11.8 Å². The van der Waals surface area contributed by atoms with Crippen LogP contribution in [0.2, 0.25) is 0 Å². The van der Waals surface area contributed by atoms with Crippen LogP contribution in [0.25, 0.3) is 105 Å². The summed E-state index contributed by atoms with van der Waals surface area (Å²) in [6, 6.07) is 63.4. The first-order chi connectivity index (χ1) is 33.0. The second-order valence-corrected chi connectivity index (χ2v) is 18.6. The minimum atomic E-state index is 0.194. The van der Waals surface area contributed by atoms with E-state index in [1.165, 1.54) is 49.4 Å². The summed E-state index contributed by atoms with van der Waals surface area (Å²) in [4.78, 5) is 10.9. The molecular formula is C63H44N4. The minimum Gasteiger partial charge on any atom is -0.307 e. The highest BCUT2D eigenvalue weighted by Crippen LogP contribution is 2.45. The van der Waals surface area contributed by atoms with Crippen LogP contribution in [0, 0.1) is 23.2 Å². The Hall–Kier alpha value is -8.39. The van der Waals surface area contributed by atoms with Gasteiger partial charge in [-0.05, 0) is 115 Å². The molecule has 316 valence electrons. The molecule has 0 bridgehead atoms. The monoisotopic (exact) mass is 856 g/mol. The molecule has 67 heavy (non-hydrogen) atoms. The van der Waals surface area contributed by atoms with E-state index >= 15 is 0 Å². The summed E-state index contributed by atoms with van der Waals surface area (Å²) in [7, 11) is 0. The van der Waals surface area contributed by atoms with Crippen molar-refractivity contribution in [1.82, 2.24) is 14.5 Å². The fourth-order valence-corrected chi connectivity index (χ4v) is 11.1. The van der Waals surface area contributed by atoms with Gasteiger partial charge in [-0.3, -0.25) is 0 Å². The van der Waals surface area contributed by atoms with Crippen molar-refractivity contribution in [1.29, 1.82) is 5.26 Å². The maximum absolute atomic E-state index is 11.3. The molecule has 2 aliphatic carbocycles. The van der Waals surface area contributed by atoms with Crippen LogP contribution in [0.1, 0.15) is 47.6 Å². The highest BCUT2D eigenvalue weighted by Gasteiger charge is 2.26. The van der Waals surface area contributed by atoms with Crippen LogP contribution < -0.4 is 0 Å². The first-order valence-corrected chi connectivity index (χ1v) is 23.4. The normalized spacial score (nSPS) is 16.9. The number of nitrogens with zero attached hydrogens (tertiary/aromatic N) is 4. The van der Waals surface area contributed by atoms with Gasteiger partial charge in [-0.1, -0.05) is 172 Å². The van der Waals surface area contributed by atoms with Crippen molar-refractivity contribution >= 4 is 76.7 Å². The van der Waals surface area contributed by atoms with Crippen molar-refractivity contribution < 1.29 is 0 Å². The van der Waals surface area contributed by atoms with Crippen molar-refractivity contribution in [3.63, 3.8) is 0 Å². The summed E-state index contributed by atoms with van der Waals surface area (Å²) in [5.74, 6) is 1.50. The summed E-state index contributed by atoms with van der Waals surface area (Å²) in [6.07, 6.45) is 12.6. The molecule has 2 aliphatic rings. The molecule has 0 radical (unpaired) electrons. The third kappa shape index (κ3) is 6.34. The van der Waals surface area contributed by atoms with Crippen LogP contribution in [0.15, 0.2) is 194 Å². The van der Waals surface area contributed by atoms with Gasteiger partial charge in [0.05, 0.1) is 33.5 Å². The van der Waals surface area contributed by atoms with Crippen LogP contribution in [-0.4, -0.2) is 14.5 Å². The summed E-state index contributed by atoms with van der Waals surface area (Å²) < 4.78 is 2.35. The summed E-state index contributed by atoms with van der Waals surface area (Å²) in [6.45, 7) is 4.60. The molecule has 0 amide bonds. The molecule has 3 atom stereocenters. The first-order valence-electron chi connectivity index (χ1n) is 23.4. The molecule has 0 saturated heterocycles. The van der Waals surface area contributed by atoms with Gasteiger partial charge in [-0.15, -0.1) is 0 Å². The average molecular weight is 857 g/mol. The van der Waals surface area contributed by atoms with Gasteiger partial charge < -0.3 is 4.57 Å². The van der Waals surface area contributed by atoms with Crippen LogP contribution in [0.5, 0.6) is 0 Å². The average Bonchev–Trinajstić information content (AvgIpc) is 3.69. The Morgan fingerprint density at radius 1 is 0.582 bits per heavy atom. The molecule has 2 aromatic heterocycles. The third-order valence-electron chi connectivity index (χ3n) is 14.4. The number of hydrogen-bond donors (Lipinski definition) is 0. The lowest BCUT2D eigenvalue weighted by Gasteiger charge is -2.24. The lowest BCUT2D eigenvalue weighted by Crippen LogP contribution is -2.09. The number of benzene rings is 9. The number of aromatic nitrogens is 3. The number of allylic oxidation sites excluding steroid dienone is 5. The van der Waals surface area contributed by atoms with E-state index in [-0.39, 0.29) is 11.8 Å². The topological polar surface area (TPSA) is 54.5 Å². The molecule has 13 rings (SSSR count). The van der Waals surface area contributed by atoms with Gasteiger partial charge in [0.2, 0.25) is 0 Å². The molecule has 0 spiro atoms. The summed E-state index contributed by atoms with van der Waals surface area (Å²) in [5.41, 5.74) is 13.5. The first kappa shape index (κ1) is 39.0. The standard InChI is InChI=1S/C63H44N4/c1-38-20-21-42-26-29-58-60(53(42)30-38)56-33-44-16-8-9-17-45(44)36-59(56)67(58)62-49(37-64)35-54(51-18-10-11-19-52(51)62)63-65-57-28-25-47(50-27-24-46(31-39(50)2)40-12-4-3-5-13-40)34-55(57)61(66-63)48-23-22-41-14-6-7-15-43(41)32-48/h3-29,31-36,38-39,50H,30H2,1-2H3. The van der Waals surface area contributed by atoms with Crippen LogP contribution in [-0.2, 0) is 6.42 Å². The van der Waals surface area contributed by atoms with Gasteiger partial charge in [0, 0.05) is 38.6 Å². The van der Waals surface area contributed by atoms with Crippen molar-refractivity contribution in [3.8, 4) is 34.4 Å². The largest absolute Gasteiger partial charge is 0.307 e. The van der Waals surface area contributed by atoms with E-state index in [0.717, 1.165) is 72.4 Å². The molecule has 9 aromatic carbocycles. The molecule has 0 aliphatic heterocycles. The summed E-state index contributed by atoms with van der Waals surface area (Å²) in [5, 5.41) is 21.5. The van der Waals surface area contributed by atoms with Gasteiger partial charge in [0.25, 0.3) is 0 Å². The maximum Gasteiger partial charge on any atom is 0.161 e. The summed E-state index contributed by atoms with van der Waals surface area (Å²) >= 11 is 0. The van der Waals surface area contributed by atoms with Crippen molar-refractivity contribution in [2.75, 3.05) is 0 Å². The van der Waals surface area contributed by atoms with Crippen molar-refractivity contribution in [2.45, 2.75) is 26.2 Å². The van der Waals surface area contributed by atoms with Gasteiger partial charge in [0.15, 0.2) is 5.82 Å². The Labute approximate surface area is 389 Å². The predicted molar refractivity (Wildman–Crippen MR) is 279 cm³/mol. The Bertz CT molecular complexity index is 4010. The van der Waals surface area contributed by atoms with E-state index in [0.29, 0.717) is 17.3 Å². The molecular weight excluding hydrogens is 813 g/mol. The molecule has 11 aromatic rings. The minimum absolute atomic E-state index is 0.194. The highest BCUT2D eigenvalue weighted by molar-refractivity contribution is 6.17. The fraction of sp³-hybridized carbons (Fsp3) is 0.0952. The van der Waals surface area contributed by atoms with E-state index in [1.54, 1.807) is 0 Å². The number of hydrogen-bond acceptors (Lipinski definition) is 3. The van der Waals surface area contributed by atoms with Crippen LogP contribution >= 0.6 is 0 Å². The Morgan fingerprint density at radius 3 is 2.13 bits per heavy atom. The molecule has 0 fully saturated rings. The van der Waals surface area contributed by atoms with E-state index in [2.05, 4.69) is 219 Å². The van der Waals surface area contributed by atoms with Gasteiger partial charge >= 0.3 is 0 Å².